The molecule has 0 bridgehead atoms. The van der Waals surface area contributed by atoms with Crippen molar-refractivity contribution in [2.45, 2.75) is 17.9 Å². The van der Waals surface area contributed by atoms with Crippen LogP contribution in [0.25, 0.3) is 0 Å². The molecule has 17 heavy (non-hydrogen) atoms. The van der Waals surface area contributed by atoms with E-state index in [0.717, 1.165) is 0 Å². The van der Waals surface area contributed by atoms with E-state index in [1.807, 2.05) is 0 Å². The third-order valence-corrected chi connectivity index (χ3v) is 3.78. The zero-order chi connectivity index (χ0) is 12.6. The second-order valence-electron chi connectivity index (χ2n) is 3.69. The first-order chi connectivity index (χ1) is 7.88. The molecule has 92 valence electrons. The van der Waals surface area contributed by atoms with E-state index in [4.69, 9.17) is 15.4 Å². The fourth-order valence-corrected chi connectivity index (χ4v) is 2.30. The molecule has 1 heterocycles. The van der Waals surface area contributed by atoms with E-state index in [1.165, 1.54) is 25.1 Å². The highest BCUT2D eigenvalue weighted by atomic mass is 35.7. The highest BCUT2D eigenvalue weighted by Crippen LogP contribution is 2.32. The molecule has 1 aliphatic heterocycles. The predicted octanol–water partition coefficient (Wildman–Crippen LogP) is 1.38. The van der Waals surface area contributed by atoms with Crippen LogP contribution in [0, 0.1) is 0 Å². The van der Waals surface area contributed by atoms with E-state index in [-0.39, 0.29) is 10.7 Å². The highest BCUT2D eigenvalue weighted by Gasteiger charge is 2.24. The maximum absolute atomic E-state index is 11.2. The van der Waals surface area contributed by atoms with Crippen molar-refractivity contribution in [3.05, 3.63) is 18.2 Å². The van der Waals surface area contributed by atoms with Crippen LogP contribution in [-0.2, 0) is 13.8 Å². The molecule has 5 nitrogen and oxygen atoms in total. The van der Waals surface area contributed by atoms with E-state index in [2.05, 4.69) is 5.32 Å². The van der Waals surface area contributed by atoms with Gasteiger partial charge in [0.25, 0.3) is 9.05 Å². The Morgan fingerprint density at radius 3 is 2.82 bits per heavy atom. The lowest BCUT2D eigenvalue weighted by molar-refractivity contribution is -0.123. The van der Waals surface area contributed by atoms with Gasteiger partial charge in [0.15, 0.2) is 11.9 Å². The molecule has 2 rings (SSSR count). The summed E-state index contributed by atoms with van der Waals surface area (Å²) in [6.07, 6.45) is -0.541. The predicted molar refractivity (Wildman–Crippen MR) is 63.1 cm³/mol. The molecule has 0 aromatic heterocycles. The molecule has 1 unspecified atom stereocenters. The molecule has 0 amide bonds. The Balaban J connectivity index is 2.35. The van der Waals surface area contributed by atoms with Crippen LogP contribution in [0.4, 0.5) is 5.69 Å². The Hall–Kier alpha value is -1.27. The Morgan fingerprint density at radius 2 is 2.24 bits per heavy atom. The van der Waals surface area contributed by atoms with E-state index in [9.17, 15) is 13.2 Å². The summed E-state index contributed by atoms with van der Waals surface area (Å²) >= 11 is 0. The Kier molecular flexibility index (Phi) is 3.01. The second-order valence-corrected chi connectivity index (χ2v) is 6.26. The number of carbonyl (C=O) groups excluding carboxylic acids is 1. The third-order valence-electron chi connectivity index (χ3n) is 2.43. The molecule has 0 saturated heterocycles. The number of ether oxygens (including phenoxy) is 1. The van der Waals surface area contributed by atoms with Crippen molar-refractivity contribution in [2.75, 3.05) is 11.9 Å². The van der Waals surface area contributed by atoms with Gasteiger partial charge in [0.05, 0.1) is 17.1 Å². The zero-order valence-electron chi connectivity index (χ0n) is 8.94. The van der Waals surface area contributed by atoms with Gasteiger partial charge in [-0.2, -0.15) is 0 Å². The Morgan fingerprint density at radius 1 is 1.53 bits per heavy atom. The zero-order valence-corrected chi connectivity index (χ0v) is 10.5. The number of Topliss-reactive ketones (excluding diaryl/α,β-unsaturated/α-hetero) is 1. The van der Waals surface area contributed by atoms with Gasteiger partial charge >= 0.3 is 0 Å². The minimum Gasteiger partial charge on any atom is -0.479 e. The Labute approximate surface area is 103 Å². The monoisotopic (exact) mass is 275 g/mol. The average molecular weight is 276 g/mol. The largest absolute Gasteiger partial charge is 0.479 e. The first kappa shape index (κ1) is 12.2. The van der Waals surface area contributed by atoms with Crippen molar-refractivity contribution in [2.24, 2.45) is 0 Å². The minimum atomic E-state index is -3.76. The summed E-state index contributed by atoms with van der Waals surface area (Å²) in [5.74, 6) is 0.359. The van der Waals surface area contributed by atoms with Crippen molar-refractivity contribution in [3.8, 4) is 5.75 Å². The summed E-state index contributed by atoms with van der Waals surface area (Å²) in [6, 6.07) is 4.20. The molecular weight excluding hydrogens is 266 g/mol. The Bertz CT molecular complexity index is 570. The van der Waals surface area contributed by atoms with Crippen LogP contribution in [0.1, 0.15) is 6.92 Å². The molecule has 1 N–H and O–H groups in total. The topological polar surface area (TPSA) is 72.5 Å². The number of hydrogen-bond acceptors (Lipinski definition) is 5. The quantitative estimate of drug-likeness (QED) is 0.826. The van der Waals surface area contributed by atoms with E-state index in [0.29, 0.717) is 18.0 Å². The van der Waals surface area contributed by atoms with Gasteiger partial charge in [0.1, 0.15) is 5.75 Å². The summed E-state index contributed by atoms with van der Waals surface area (Å²) in [6.45, 7) is 1.75. The van der Waals surface area contributed by atoms with Gasteiger partial charge in [-0.15, -0.1) is 0 Å². The van der Waals surface area contributed by atoms with Crippen LogP contribution in [0.3, 0.4) is 0 Å². The van der Waals surface area contributed by atoms with Gasteiger partial charge < -0.3 is 10.1 Å². The molecule has 1 aliphatic rings. The number of carbonyl (C=O) groups is 1. The number of rotatable bonds is 2. The van der Waals surface area contributed by atoms with Crippen LogP contribution in [0.5, 0.6) is 5.75 Å². The van der Waals surface area contributed by atoms with Gasteiger partial charge in [-0.1, -0.05) is 0 Å². The minimum absolute atomic E-state index is 0.00436. The molecular formula is C10H10ClNO4S. The van der Waals surface area contributed by atoms with Gasteiger partial charge in [0.2, 0.25) is 0 Å². The van der Waals surface area contributed by atoms with Gasteiger partial charge in [0, 0.05) is 10.7 Å². The van der Waals surface area contributed by atoms with Crippen LogP contribution >= 0.6 is 10.7 Å². The van der Waals surface area contributed by atoms with Crippen molar-refractivity contribution < 1.29 is 17.9 Å². The molecule has 0 saturated carbocycles. The lowest BCUT2D eigenvalue weighted by Gasteiger charge is -2.25. The summed E-state index contributed by atoms with van der Waals surface area (Å²) in [4.78, 5) is 11.1. The van der Waals surface area contributed by atoms with Crippen LogP contribution in [0.15, 0.2) is 23.1 Å². The highest BCUT2D eigenvalue weighted by molar-refractivity contribution is 8.13. The van der Waals surface area contributed by atoms with Crippen molar-refractivity contribution in [1.29, 1.82) is 0 Å². The molecule has 1 aromatic rings. The standard InChI is InChI=1S/C10H10ClNO4S/c1-6(13)10-5-12-8-4-7(17(11,14)15)2-3-9(8)16-10/h2-4,10,12H,5H2,1H3. The van der Waals surface area contributed by atoms with Crippen molar-refractivity contribution in [1.82, 2.24) is 0 Å². The van der Waals surface area contributed by atoms with E-state index >= 15 is 0 Å². The summed E-state index contributed by atoms with van der Waals surface area (Å²) < 4.78 is 27.7. The van der Waals surface area contributed by atoms with Gasteiger partial charge in [-0.25, -0.2) is 8.42 Å². The first-order valence-corrected chi connectivity index (χ1v) is 7.18. The smallest absolute Gasteiger partial charge is 0.261 e. The first-order valence-electron chi connectivity index (χ1n) is 4.87. The van der Waals surface area contributed by atoms with Crippen molar-refractivity contribution in [3.63, 3.8) is 0 Å². The van der Waals surface area contributed by atoms with Crippen molar-refractivity contribution >= 4 is 31.2 Å². The molecule has 1 atom stereocenters. The number of fused-ring (bicyclic) bond motifs is 1. The maximum atomic E-state index is 11.2. The molecule has 0 radical (unpaired) electrons. The average Bonchev–Trinajstić information content (AvgIpc) is 2.26. The molecule has 0 aliphatic carbocycles. The third kappa shape index (κ3) is 2.53. The summed E-state index contributed by atoms with van der Waals surface area (Å²) in [7, 11) is 1.47. The number of anilines is 1. The molecule has 0 fully saturated rings. The number of nitrogens with one attached hydrogen (secondary N) is 1. The maximum Gasteiger partial charge on any atom is 0.261 e. The number of benzene rings is 1. The fraction of sp³-hybridized carbons (Fsp3) is 0.300. The lowest BCUT2D eigenvalue weighted by Crippen LogP contribution is -2.36. The van der Waals surface area contributed by atoms with Crippen LogP contribution in [0.2, 0.25) is 0 Å². The molecule has 1 aromatic carbocycles. The lowest BCUT2D eigenvalue weighted by atomic mass is 10.2. The number of hydrogen-bond donors (Lipinski definition) is 1. The fourth-order valence-electron chi connectivity index (χ4n) is 1.53. The number of ketones is 1. The summed E-state index contributed by atoms with van der Waals surface area (Å²) in [5.41, 5.74) is 0.518. The molecule has 7 heteroatoms. The second kappa shape index (κ2) is 4.19. The van der Waals surface area contributed by atoms with E-state index in [1.54, 1.807) is 0 Å². The van der Waals surface area contributed by atoms with Crippen LogP contribution < -0.4 is 10.1 Å². The SMILES string of the molecule is CC(=O)C1CNc2cc(S(=O)(=O)Cl)ccc2O1. The normalized spacial score (nSPS) is 18.8. The van der Waals surface area contributed by atoms with E-state index < -0.39 is 15.2 Å². The summed E-state index contributed by atoms with van der Waals surface area (Å²) in [5, 5.41) is 2.94. The van der Waals surface area contributed by atoms with Crippen LogP contribution in [-0.4, -0.2) is 26.8 Å². The van der Waals surface area contributed by atoms with Gasteiger partial charge in [-0.05, 0) is 25.1 Å². The van der Waals surface area contributed by atoms with Gasteiger partial charge in [-0.3, -0.25) is 4.79 Å². The molecule has 0 spiro atoms. The number of halogens is 1.